The first kappa shape index (κ1) is 24.0. The Morgan fingerprint density at radius 2 is 1.82 bits per heavy atom. The Balaban J connectivity index is 2.80. The van der Waals surface area contributed by atoms with Gasteiger partial charge in [-0.2, -0.15) is 11.8 Å². The Labute approximate surface area is 170 Å². The van der Waals surface area contributed by atoms with Gasteiger partial charge in [-0.25, -0.2) is 4.98 Å². The van der Waals surface area contributed by atoms with Gasteiger partial charge in [0.25, 0.3) is 0 Å². The van der Waals surface area contributed by atoms with Crippen LogP contribution in [0.5, 0.6) is 0 Å². The molecule has 0 aliphatic heterocycles. The number of carbonyl (C=O) groups excluding carboxylic acids is 3. The number of primary amides is 1. The Hall–Kier alpha value is -2.07. The summed E-state index contributed by atoms with van der Waals surface area (Å²) in [6.45, 7) is 3.93. The van der Waals surface area contributed by atoms with E-state index < -0.39 is 29.9 Å². The zero-order chi connectivity index (χ0) is 21.1. The molecule has 0 spiro atoms. The van der Waals surface area contributed by atoms with Gasteiger partial charge in [0.2, 0.25) is 17.7 Å². The quantitative estimate of drug-likeness (QED) is 0.304. The molecule has 0 aliphatic carbocycles. The number of aromatic amines is 1. The van der Waals surface area contributed by atoms with Gasteiger partial charge in [-0.15, -0.1) is 0 Å². The van der Waals surface area contributed by atoms with E-state index in [1.165, 1.54) is 0 Å². The van der Waals surface area contributed by atoms with Gasteiger partial charge in [-0.05, 0) is 37.8 Å². The molecule has 1 aromatic heterocycles. The average molecular weight is 413 g/mol. The number of H-pyrrole nitrogens is 1. The highest BCUT2D eigenvalue weighted by molar-refractivity contribution is 7.98. The van der Waals surface area contributed by atoms with Crippen LogP contribution < -0.4 is 21.7 Å². The van der Waals surface area contributed by atoms with Crippen LogP contribution in [0.1, 0.15) is 32.4 Å². The molecule has 6 N–H and O–H groups in total. The summed E-state index contributed by atoms with van der Waals surface area (Å²) < 4.78 is 0. The van der Waals surface area contributed by atoms with E-state index in [1.807, 2.05) is 20.1 Å². The van der Waals surface area contributed by atoms with Crippen LogP contribution in [0.15, 0.2) is 12.5 Å². The first-order chi connectivity index (χ1) is 13.3. The lowest BCUT2D eigenvalue weighted by Crippen LogP contribution is -2.56. The van der Waals surface area contributed by atoms with E-state index in [0.29, 0.717) is 25.0 Å². The highest BCUT2D eigenvalue weighted by atomic mass is 32.2. The summed E-state index contributed by atoms with van der Waals surface area (Å²) in [6, 6.07) is -2.02. The summed E-state index contributed by atoms with van der Waals surface area (Å²) in [5.41, 5.74) is 6.21. The molecule has 28 heavy (non-hydrogen) atoms. The number of nitrogens with one attached hydrogen (secondary N) is 4. The standard InChI is InChI=1S/C18H32N6O3S/c1-11(2)7-15(18(27)23-13(16(19)25)5-6-28-4)24-17(26)14(20-3)8-12-9-21-10-22-12/h9-11,13-15,20H,5-8H2,1-4H3,(H2,19,25)(H,21,22)(H,23,27)(H,24,26)/t13-,14-,15-/m0/s1. The van der Waals surface area contributed by atoms with Crippen molar-refractivity contribution in [2.24, 2.45) is 11.7 Å². The van der Waals surface area contributed by atoms with E-state index in [1.54, 1.807) is 31.3 Å². The van der Waals surface area contributed by atoms with E-state index in [4.69, 9.17) is 5.73 Å². The number of hydrogen-bond donors (Lipinski definition) is 5. The van der Waals surface area contributed by atoms with Gasteiger partial charge in [-0.1, -0.05) is 13.8 Å². The summed E-state index contributed by atoms with van der Waals surface area (Å²) in [7, 11) is 1.68. The van der Waals surface area contributed by atoms with Crippen molar-refractivity contribution in [3.05, 3.63) is 18.2 Å². The predicted octanol–water partition coefficient (Wildman–Crippen LogP) is -0.206. The topological polar surface area (TPSA) is 142 Å². The summed E-state index contributed by atoms with van der Waals surface area (Å²) in [5.74, 6) is -0.401. The normalized spacial score (nSPS) is 14.3. The number of nitrogens with zero attached hydrogens (tertiary/aromatic N) is 1. The molecule has 0 aromatic carbocycles. The third-order valence-corrected chi connectivity index (χ3v) is 4.90. The Kier molecular flexibility index (Phi) is 10.6. The van der Waals surface area contributed by atoms with Gasteiger partial charge in [0.05, 0.1) is 12.4 Å². The van der Waals surface area contributed by atoms with Gasteiger partial charge in [0.1, 0.15) is 12.1 Å². The number of aromatic nitrogens is 2. The van der Waals surface area contributed by atoms with Crippen LogP contribution >= 0.6 is 11.8 Å². The third-order valence-electron chi connectivity index (χ3n) is 4.25. The highest BCUT2D eigenvalue weighted by Gasteiger charge is 2.28. The molecule has 10 heteroatoms. The van der Waals surface area contributed by atoms with Gasteiger partial charge in [0, 0.05) is 18.3 Å². The third kappa shape index (κ3) is 8.30. The molecular weight excluding hydrogens is 380 g/mol. The van der Waals surface area contributed by atoms with Crippen molar-refractivity contribution in [2.45, 2.75) is 51.2 Å². The molecule has 1 aromatic rings. The predicted molar refractivity (Wildman–Crippen MR) is 111 cm³/mol. The first-order valence-electron chi connectivity index (χ1n) is 9.32. The molecule has 0 saturated carbocycles. The maximum atomic E-state index is 12.7. The van der Waals surface area contributed by atoms with Crippen LogP contribution in [0.25, 0.3) is 0 Å². The van der Waals surface area contributed by atoms with E-state index in [9.17, 15) is 14.4 Å². The largest absolute Gasteiger partial charge is 0.368 e. The van der Waals surface area contributed by atoms with Crippen LogP contribution in [0, 0.1) is 5.92 Å². The van der Waals surface area contributed by atoms with Crippen LogP contribution in [0.4, 0.5) is 0 Å². The fourth-order valence-electron chi connectivity index (χ4n) is 2.71. The second-order valence-electron chi connectivity index (χ2n) is 7.06. The fraction of sp³-hybridized carbons (Fsp3) is 0.667. The number of nitrogens with two attached hydrogens (primary N) is 1. The van der Waals surface area contributed by atoms with E-state index in [2.05, 4.69) is 25.9 Å². The van der Waals surface area contributed by atoms with E-state index in [0.717, 1.165) is 5.69 Å². The minimum Gasteiger partial charge on any atom is -0.368 e. The molecule has 0 unspecified atom stereocenters. The van der Waals surface area contributed by atoms with E-state index in [-0.39, 0.29) is 11.8 Å². The van der Waals surface area contributed by atoms with Crippen molar-refractivity contribution in [1.29, 1.82) is 0 Å². The molecule has 9 nitrogen and oxygen atoms in total. The molecule has 0 aliphatic rings. The van der Waals surface area contributed by atoms with Crippen LogP contribution in [-0.4, -0.2) is 64.9 Å². The second kappa shape index (κ2) is 12.4. The van der Waals surface area contributed by atoms with Crippen LogP contribution in [-0.2, 0) is 20.8 Å². The molecule has 3 amide bonds. The zero-order valence-corrected chi connectivity index (χ0v) is 17.8. The lowest BCUT2D eigenvalue weighted by molar-refractivity contribution is -0.132. The Bertz CT molecular complexity index is 623. The number of imidazole rings is 1. The average Bonchev–Trinajstić information content (AvgIpc) is 3.14. The number of carbonyl (C=O) groups is 3. The Morgan fingerprint density at radius 1 is 1.18 bits per heavy atom. The second-order valence-corrected chi connectivity index (χ2v) is 8.04. The summed E-state index contributed by atoms with van der Waals surface area (Å²) >= 11 is 1.57. The molecule has 3 atom stereocenters. The van der Waals surface area contributed by atoms with Crippen molar-refractivity contribution in [3.63, 3.8) is 0 Å². The van der Waals surface area contributed by atoms with Crippen molar-refractivity contribution in [3.8, 4) is 0 Å². The summed E-state index contributed by atoms with van der Waals surface area (Å²) in [6.07, 6.45) is 6.43. The smallest absolute Gasteiger partial charge is 0.243 e. The molecule has 1 rings (SSSR count). The number of likely N-dealkylation sites (N-methyl/N-ethyl adjacent to an activating group) is 1. The van der Waals surface area contributed by atoms with E-state index >= 15 is 0 Å². The monoisotopic (exact) mass is 412 g/mol. The number of amides is 3. The number of rotatable bonds is 13. The minimum absolute atomic E-state index is 0.176. The van der Waals surface area contributed by atoms with Crippen molar-refractivity contribution < 1.29 is 14.4 Å². The summed E-state index contributed by atoms with van der Waals surface area (Å²) in [4.78, 5) is 44.0. The number of hydrogen-bond acceptors (Lipinski definition) is 6. The lowest BCUT2D eigenvalue weighted by atomic mass is 10.0. The lowest BCUT2D eigenvalue weighted by Gasteiger charge is -2.25. The number of thioether (sulfide) groups is 1. The van der Waals surface area contributed by atoms with Gasteiger partial charge in [0.15, 0.2) is 0 Å². The summed E-state index contributed by atoms with van der Waals surface area (Å²) in [5, 5.41) is 8.45. The zero-order valence-electron chi connectivity index (χ0n) is 17.0. The van der Waals surface area contributed by atoms with Gasteiger partial charge >= 0.3 is 0 Å². The maximum absolute atomic E-state index is 12.7. The molecule has 0 fully saturated rings. The van der Waals surface area contributed by atoms with Crippen LogP contribution in [0.2, 0.25) is 0 Å². The first-order valence-corrected chi connectivity index (χ1v) is 10.7. The van der Waals surface area contributed by atoms with Crippen LogP contribution in [0.3, 0.4) is 0 Å². The Morgan fingerprint density at radius 3 is 2.32 bits per heavy atom. The maximum Gasteiger partial charge on any atom is 0.243 e. The fourth-order valence-corrected chi connectivity index (χ4v) is 3.18. The molecule has 0 radical (unpaired) electrons. The van der Waals surface area contributed by atoms with Crippen molar-refractivity contribution in [2.75, 3.05) is 19.1 Å². The SMILES string of the molecule is CN[C@@H](Cc1cnc[nH]1)C(=O)N[C@@H](CC(C)C)C(=O)N[C@@H](CCSC)C(N)=O. The van der Waals surface area contributed by atoms with Gasteiger partial charge in [-0.3, -0.25) is 14.4 Å². The molecule has 0 saturated heterocycles. The van der Waals surface area contributed by atoms with Crippen molar-refractivity contribution >= 4 is 29.5 Å². The van der Waals surface area contributed by atoms with Gasteiger partial charge < -0.3 is 26.7 Å². The molecule has 158 valence electrons. The molecular formula is C18H32N6O3S. The van der Waals surface area contributed by atoms with Crippen molar-refractivity contribution in [1.82, 2.24) is 25.9 Å². The molecule has 0 bridgehead atoms. The highest BCUT2D eigenvalue weighted by Crippen LogP contribution is 2.08. The molecule has 1 heterocycles. The minimum atomic E-state index is -0.753.